The maximum Gasteiger partial charge on any atom is 0.263 e. The molecule has 1 heterocycles. The molecule has 0 saturated carbocycles. The van der Waals surface area contributed by atoms with Crippen molar-refractivity contribution in [3.05, 3.63) is 46.7 Å². The number of methoxy groups -OCH3 is 1. The summed E-state index contributed by atoms with van der Waals surface area (Å²) < 4.78 is 32.0. The molecule has 0 bridgehead atoms. The van der Waals surface area contributed by atoms with Crippen LogP contribution in [0.3, 0.4) is 0 Å². The Balaban J connectivity index is 2.44. The maximum atomic E-state index is 12.3. The summed E-state index contributed by atoms with van der Waals surface area (Å²) in [4.78, 5) is 3.69. The average molecular weight is 333 g/mol. The van der Waals surface area contributed by atoms with Gasteiger partial charge in [0, 0.05) is 18.5 Å². The standard InChI is InChI=1S/C12H10Cl2N2O3S/c1-19-11-7-12(10(14)6-9(11)13)20(17,18)16-8-2-4-15-5-3-8/h2-7H,1H3,(H,15,16). The Morgan fingerprint density at radius 3 is 2.40 bits per heavy atom. The number of nitrogens with zero attached hydrogens (tertiary/aromatic N) is 1. The number of benzene rings is 1. The molecule has 0 radical (unpaired) electrons. The third-order valence-electron chi connectivity index (χ3n) is 2.43. The number of ether oxygens (including phenoxy) is 1. The van der Waals surface area contributed by atoms with Gasteiger partial charge in [0.05, 0.1) is 22.8 Å². The van der Waals surface area contributed by atoms with Crippen LogP contribution in [-0.4, -0.2) is 20.5 Å². The molecule has 0 aliphatic heterocycles. The van der Waals surface area contributed by atoms with Crippen molar-refractivity contribution >= 4 is 38.9 Å². The molecular formula is C12H10Cl2N2O3S. The highest BCUT2D eigenvalue weighted by Gasteiger charge is 2.20. The third-order valence-corrected chi connectivity index (χ3v) is 4.57. The van der Waals surface area contributed by atoms with Crippen LogP contribution in [0.5, 0.6) is 5.75 Å². The van der Waals surface area contributed by atoms with Gasteiger partial charge in [0.25, 0.3) is 10.0 Å². The Morgan fingerprint density at radius 2 is 1.80 bits per heavy atom. The summed E-state index contributed by atoms with van der Waals surface area (Å²) in [5, 5.41) is 0.248. The van der Waals surface area contributed by atoms with Crippen molar-refractivity contribution in [1.82, 2.24) is 4.98 Å². The van der Waals surface area contributed by atoms with E-state index in [-0.39, 0.29) is 20.7 Å². The molecule has 106 valence electrons. The molecule has 0 aliphatic carbocycles. The lowest BCUT2D eigenvalue weighted by molar-refractivity contribution is 0.413. The number of nitrogens with one attached hydrogen (secondary N) is 1. The summed E-state index contributed by atoms with van der Waals surface area (Å²) in [6.45, 7) is 0. The summed E-state index contributed by atoms with van der Waals surface area (Å²) in [5.41, 5.74) is 0.380. The van der Waals surface area contributed by atoms with Gasteiger partial charge in [-0.3, -0.25) is 9.71 Å². The molecule has 0 spiro atoms. The van der Waals surface area contributed by atoms with Crippen LogP contribution in [0.2, 0.25) is 10.0 Å². The second-order valence-electron chi connectivity index (χ2n) is 3.76. The molecule has 20 heavy (non-hydrogen) atoms. The largest absolute Gasteiger partial charge is 0.495 e. The number of rotatable bonds is 4. The van der Waals surface area contributed by atoms with E-state index in [1.807, 2.05) is 0 Å². The Labute approximate surface area is 126 Å². The minimum absolute atomic E-state index is 0.0114. The van der Waals surface area contributed by atoms with Crippen LogP contribution >= 0.6 is 23.2 Å². The summed E-state index contributed by atoms with van der Waals surface area (Å²) in [6, 6.07) is 5.65. The molecule has 1 aromatic heterocycles. The van der Waals surface area contributed by atoms with Crippen molar-refractivity contribution in [3.8, 4) is 5.75 Å². The van der Waals surface area contributed by atoms with Crippen molar-refractivity contribution in [1.29, 1.82) is 0 Å². The van der Waals surface area contributed by atoms with Gasteiger partial charge in [-0.05, 0) is 18.2 Å². The van der Waals surface area contributed by atoms with Gasteiger partial charge in [-0.15, -0.1) is 0 Å². The fraction of sp³-hybridized carbons (Fsp3) is 0.0833. The highest BCUT2D eigenvalue weighted by Crippen LogP contribution is 2.34. The molecule has 0 unspecified atom stereocenters. The van der Waals surface area contributed by atoms with Crippen molar-refractivity contribution in [2.24, 2.45) is 0 Å². The van der Waals surface area contributed by atoms with Crippen LogP contribution in [-0.2, 0) is 10.0 Å². The molecule has 0 atom stereocenters. The lowest BCUT2D eigenvalue weighted by Crippen LogP contribution is -2.13. The normalized spacial score (nSPS) is 11.2. The summed E-state index contributed by atoms with van der Waals surface area (Å²) in [7, 11) is -2.45. The molecule has 2 rings (SSSR count). The number of hydrogen-bond donors (Lipinski definition) is 1. The number of anilines is 1. The highest BCUT2D eigenvalue weighted by molar-refractivity contribution is 7.92. The first-order chi connectivity index (χ1) is 9.44. The summed E-state index contributed by atoms with van der Waals surface area (Å²) >= 11 is 11.8. The Kier molecular flexibility index (Phi) is 4.37. The Bertz CT molecular complexity index is 721. The molecule has 5 nitrogen and oxygen atoms in total. The van der Waals surface area contributed by atoms with Gasteiger partial charge in [0.15, 0.2) is 0 Å². The van der Waals surface area contributed by atoms with Crippen LogP contribution in [0.4, 0.5) is 5.69 Å². The minimum Gasteiger partial charge on any atom is -0.495 e. The first-order valence-corrected chi connectivity index (χ1v) is 7.64. The van der Waals surface area contributed by atoms with Gasteiger partial charge >= 0.3 is 0 Å². The third kappa shape index (κ3) is 3.15. The second-order valence-corrected chi connectivity index (χ2v) is 6.22. The predicted octanol–water partition coefficient (Wildman–Crippen LogP) is 3.20. The first kappa shape index (κ1) is 14.9. The van der Waals surface area contributed by atoms with Gasteiger partial charge < -0.3 is 4.74 Å². The van der Waals surface area contributed by atoms with Crippen LogP contribution < -0.4 is 9.46 Å². The summed E-state index contributed by atoms with van der Waals surface area (Å²) in [6.07, 6.45) is 2.95. The molecule has 0 amide bonds. The average Bonchev–Trinajstić information content (AvgIpc) is 2.39. The number of aromatic nitrogens is 1. The molecule has 2 aromatic rings. The van der Waals surface area contributed by atoms with E-state index in [0.717, 1.165) is 0 Å². The lowest BCUT2D eigenvalue weighted by Gasteiger charge is -2.11. The van der Waals surface area contributed by atoms with Crippen molar-refractivity contribution in [2.45, 2.75) is 4.90 Å². The van der Waals surface area contributed by atoms with Crippen molar-refractivity contribution in [3.63, 3.8) is 0 Å². The molecule has 8 heteroatoms. The van der Waals surface area contributed by atoms with Crippen LogP contribution in [0.15, 0.2) is 41.6 Å². The van der Waals surface area contributed by atoms with E-state index in [2.05, 4.69) is 9.71 Å². The monoisotopic (exact) mass is 332 g/mol. The number of hydrogen-bond acceptors (Lipinski definition) is 4. The van der Waals surface area contributed by atoms with Crippen molar-refractivity contribution < 1.29 is 13.2 Å². The van der Waals surface area contributed by atoms with E-state index in [4.69, 9.17) is 27.9 Å². The molecule has 0 saturated heterocycles. The van der Waals surface area contributed by atoms with E-state index in [1.54, 1.807) is 0 Å². The fourth-order valence-corrected chi connectivity index (χ4v) is 3.40. The molecule has 1 aromatic carbocycles. The van der Waals surface area contributed by atoms with Crippen LogP contribution in [0.25, 0.3) is 0 Å². The van der Waals surface area contributed by atoms with Gasteiger partial charge in [0.2, 0.25) is 0 Å². The fourth-order valence-electron chi connectivity index (χ4n) is 1.50. The lowest BCUT2D eigenvalue weighted by atomic mass is 10.3. The Hall–Kier alpha value is -1.50. The van der Waals surface area contributed by atoms with Gasteiger partial charge in [-0.1, -0.05) is 23.2 Å². The van der Waals surface area contributed by atoms with E-state index < -0.39 is 10.0 Å². The topological polar surface area (TPSA) is 68.3 Å². The van der Waals surface area contributed by atoms with E-state index in [0.29, 0.717) is 5.69 Å². The van der Waals surface area contributed by atoms with E-state index >= 15 is 0 Å². The second kappa shape index (κ2) is 5.87. The quantitative estimate of drug-likeness (QED) is 0.933. The first-order valence-electron chi connectivity index (χ1n) is 5.40. The molecular weight excluding hydrogens is 323 g/mol. The molecule has 1 N–H and O–H groups in total. The Morgan fingerprint density at radius 1 is 1.15 bits per heavy atom. The predicted molar refractivity (Wildman–Crippen MR) is 78.1 cm³/mol. The minimum atomic E-state index is -3.84. The zero-order chi connectivity index (χ0) is 14.8. The maximum absolute atomic E-state index is 12.3. The zero-order valence-electron chi connectivity index (χ0n) is 10.3. The molecule has 0 fully saturated rings. The SMILES string of the molecule is COc1cc(S(=O)(=O)Nc2ccncc2)c(Cl)cc1Cl. The number of pyridine rings is 1. The van der Waals surface area contributed by atoms with Gasteiger partial charge in [-0.25, -0.2) is 8.42 Å². The van der Waals surface area contributed by atoms with Crippen LogP contribution in [0.1, 0.15) is 0 Å². The number of sulfonamides is 1. The smallest absolute Gasteiger partial charge is 0.263 e. The van der Waals surface area contributed by atoms with Gasteiger partial charge in [0.1, 0.15) is 10.6 Å². The zero-order valence-corrected chi connectivity index (χ0v) is 12.6. The van der Waals surface area contributed by atoms with Gasteiger partial charge in [-0.2, -0.15) is 0 Å². The molecule has 0 aliphatic rings. The number of halogens is 2. The van der Waals surface area contributed by atoms with Crippen LogP contribution in [0, 0.1) is 0 Å². The van der Waals surface area contributed by atoms with E-state index in [1.165, 1.54) is 43.8 Å². The van der Waals surface area contributed by atoms with Crippen molar-refractivity contribution in [2.75, 3.05) is 11.8 Å². The summed E-state index contributed by atoms with van der Waals surface area (Å²) in [5.74, 6) is 0.228. The van der Waals surface area contributed by atoms with E-state index in [9.17, 15) is 8.42 Å². The highest BCUT2D eigenvalue weighted by atomic mass is 35.5.